The molecule has 5 rings (SSSR count). The fraction of sp³-hybridized carbons (Fsp3) is 0.130. The van der Waals surface area contributed by atoms with Crippen molar-refractivity contribution in [2.24, 2.45) is 0 Å². The van der Waals surface area contributed by atoms with Gasteiger partial charge in [-0.3, -0.25) is 14.2 Å². The number of fused-ring (bicyclic) bond motifs is 1. The maximum absolute atomic E-state index is 13.1. The van der Waals surface area contributed by atoms with Crippen molar-refractivity contribution in [3.8, 4) is 17.1 Å². The molecule has 0 aliphatic carbocycles. The summed E-state index contributed by atoms with van der Waals surface area (Å²) in [4.78, 5) is 26.6. The fourth-order valence-electron chi connectivity index (χ4n) is 3.62. The molecule has 0 fully saturated rings. The number of benzene rings is 2. The first-order valence-corrected chi connectivity index (χ1v) is 11.0. The van der Waals surface area contributed by atoms with Gasteiger partial charge in [-0.25, -0.2) is 0 Å². The second kappa shape index (κ2) is 8.35. The first kappa shape index (κ1) is 20.1. The van der Waals surface area contributed by atoms with E-state index in [1.54, 1.807) is 12.3 Å². The summed E-state index contributed by atoms with van der Waals surface area (Å²) in [6.45, 7) is 1.86. The molecule has 0 radical (unpaired) electrons. The van der Waals surface area contributed by atoms with Gasteiger partial charge in [-0.1, -0.05) is 42.1 Å². The molecule has 9 heteroatoms. The summed E-state index contributed by atoms with van der Waals surface area (Å²) in [7, 11) is 0. The number of amides is 2. The van der Waals surface area contributed by atoms with Gasteiger partial charge in [-0.05, 0) is 37.3 Å². The first-order chi connectivity index (χ1) is 15.6. The van der Waals surface area contributed by atoms with Crippen molar-refractivity contribution < 1.29 is 14.0 Å². The van der Waals surface area contributed by atoms with E-state index in [-0.39, 0.29) is 24.1 Å². The quantitative estimate of drug-likeness (QED) is 0.468. The second-order valence-corrected chi connectivity index (χ2v) is 8.14. The van der Waals surface area contributed by atoms with Gasteiger partial charge in [0.1, 0.15) is 12.3 Å². The highest BCUT2D eigenvalue weighted by Gasteiger charge is 2.27. The SMILES string of the molecule is Cc1occc1-c1nnc(SCC(=O)N2CC(=O)Nc3ccccc32)n1-c1ccccc1. The highest BCUT2D eigenvalue weighted by atomic mass is 32.2. The van der Waals surface area contributed by atoms with Crippen molar-refractivity contribution in [1.29, 1.82) is 0 Å². The van der Waals surface area contributed by atoms with Crippen LogP contribution in [0.4, 0.5) is 11.4 Å². The Kier molecular flexibility index (Phi) is 5.24. The lowest BCUT2D eigenvalue weighted by molar-refractivity contribution is -0.120. The van der Waals surface area contributed by atoms with E-state index in [9.17, 15) is 9.59 Å². The van der Waals surface area contributed by atoms with Crippen LogP contribution in [0.3, 0.4) is 0 Å². The Morgan fingerprint density at radius 1 is 1.09 bits per heavy atom. The van der Waals surface area contributed by atoms with Gasteiger partial charge in [0.25, 0.3) is 0 Å². The van der Waals surface area contributed by atoms with E-state index in [0.717, 1.165) is 17.0 Å². The number of furan rings is 1. The third-order valence-electron chi connectivity index (χ3n) is 5.14. The van der Waals surface area contributed by atoms with Crippen LogP contribution in [0.2, 0.25) is 0 Å². The highest BCUT2D eigenvalue weighted by Crippen LogP contribution is 2.32. The number of hydrogen-bond acceptors (Lipinski definition) is 6. The molecule has 0 spiro atoms. The number of nitrogens with one attached hydrogen (secondary N) is 1. The zero-order valence-corrected chi connectivity index (χ0v) is 18.0. The predicted octanol–water partition coefficient (Wildman–Crippen LogP) is 3.91. The van der Waals surface area contributed by atoms with Crippen LogP contribution in [0.15, 0.2) is 76.5 Å². The maximum atomic E-state index is 13.1. The van der Waals surface area contributed by atoms with Gasteiger partial charge in [-0.2, -0.15) is 0 Å². The molecule has 1 aliphatic rings. The fourth-order valence-corrected chi connectivity index (χ4v) is 4.45. The number of anilines is 2. The average molecular weight is 446 g/mol. The molecule has 0 bridgehead atoms. The molecular weight excluding hydrogens is 426 g/mol. The topological polar surface area (TPSA) is 93.3 Å². The number of carbonyl (C=O) groups excluding carboxylic acids is 2. The summed E-state index contributed by atoms with van der Waals surface area (Å²) in [6, 6.07) is 18.8. The lowest BCUT2D eigenvalue weighted by Gasteiger charge is -2.29. The average Bonchev–Trinajstić information content (AvgIpc) is 3.43. The molecule has 0 unspecified atom stereocenters. The summed E-state index contributed by atoms with van der Waals surface area (Å²) in [5, 5.41) is 12.1. The van der Waals surface area contributed by atoms with Crippen molar-refractivity contribution in [3.63, 3.8) is 0 Å². The summed E-state index contributed by atoms with van der Waals surface area (Å²) in [5.41, 5.74) is 3.04. The van der Waals surface area contributed by atoms with Crippen LogP contribution in [0.5, 0.6) is 0 Å². The molecule has 2 aromatic heterocycles. The van der Waals surface area contributed by atoms with Crippen LogP contribution in [0, 0.1) is 6.92 Å². The van der Waals surface area contributed by atoms with Crippen LogP contribution < -0.4 is 10.2 Å². The number of para-hydroxylation sites is 3. The minimum atomic E-state index is -0.216. The van der Waals surface area contributed by atoms with Gasteiger partial charge in [0.15, 0.2) is 11.0 Å². The predicted molar refractivity (Wildman–Crippen MR) is 122 cm³/mol. The summed E-state index contributed by atoms with van der Waals surface area (Å²) in [5.74, 6) is 1.09. The summed E-state index contributed by atoms with van der Waals surface area (Å²) < 4.78 is 7.36. The molecule has 0 saturated heterocycles. The normalized spacial score (nSPS) is 13.0. The standard InChI is InChI=1S/C23H19N5O3S/c1-15-17(11-12-31-15)22-25-26-23(28(22)16-7-3-2-4-8-16)32-14-21(30)27-13-20(29)24-18-9-5-6-10-19(18)27/h2-12H,13-14H2,1H3,(H,24,29). The Balaban J connectivity index is 1.44. The number of nitrogens with zero attached hydrogens (tertiary/aromatic N) is 4. The van der Waals surface area contributed by atoms with Gasteiger partial charge in [0.2, 0.25) is 11.8 Å². The lowest BCUT2D eigenvalue weighted by Crippen LogP contribution is -2.43. The van der Waals surface area contributed by atoms with E-state index in [2.05, 4.69) is 15.5 Å². The zero-order valence-electron chi connectivity index (χ0n) is 17.2. The van der Waals surface area contributed by atoms with Gasteiger partial charge in [-0.15, -0.1) is 10.2 Å². The number of carbonyl (C=O) groups is 2. The Labute approximate surface area is 188 Å². The van der Waals surface area contributed by atoms with Gasteiger partial charge >= 0.3 is 0 Å². The van der Waals surface area contributed by atoms with E-state index in [1.807, 2.05) is 66.1 Å². The molecule has 8 nitrogen and oxygen atoms in total. The third kappa shape index (κ3) is 3.67. The Bertz CT molecular complexity index is 1300. The number of aromatic nitrogens is 3. The Morgan fingerprint density at radius 2 is 1.88 bits per heavy atom. The van der Waals surface area contributed by atoms with E-state index in [0.29, 0.717) is 22.4 Å². The molecule has 1 aliphatic heterocycles. The molecule has 3 heterocycles. The summed E-state index contributed by atoms with van der Waals surface area (Å²) in [6.07, 6.45) is 1.61. The Morgan fingerprint density at radius 3 is 2.66 bits per heavy atom. The Hall–Kier alpha value is -3.85. The van der Waals surface area contributed by atoms with Crippen molar-refractivity contribution in [3.05, 3.63) is 72.7 Å². The van der Waals surface area contributed by atoms with Crippen LogP contribution in [-0.4, -0.2) is 38.9 Å². The molecule has 4 aromatic rings. The van der Waals surface area contributed by atoms with Crippen LogP contribution >= 0.6 is 11.8 Å². The van der Waals surface area contributed by atoms with Crippen LogP contribution in [0.25, 0.3) is 17.1 Å². The maximum Gasteiger partial charge on any atom is 0.244 e. The van der Waals surface area contributed by atoms with Crippen molar-refractivity contribution in [1.82, 2.24) is 14.8 Å². The molecule has 32 heavy (non-hydrogen) atoms. The van der Waals surface area contributed by atoms with Crippen LogP contribution in [0.1, 0.15) is 5.76 Å². The van der Waals surface area contributed by atoms with Crippen molar-refractivity contribution in [2.75, 3.05) is 22.5 Å². The van der Waals surface area contributed by atoms with Crippen molar-refractivity contribution in [2.45, 2.75) is 12.1 Å². The zero-order chi connectivity index (χ0) is 22.1. The van der Waals surface area contributed by atoms with E-state index in [4.69, 9.17) is 4.42 Å². The molecule has 160 valence electrons. The van der Waals surface area contributed by atoms with Gasteiger partial charge in [0, 0.05) is 5.69 Å². The van der Waals surface area contributed by atoms with Gasteiger partial charge in [0.05, 0.1) is 29.0 Å². The number of rotatable bonds is 5. The van der Waals surface area contributed by atoms with Crippen LogP contribution in [-0.2, 0) is 9.59 Å². The van der Waals surface area contributed by atoms with E-state index in [1.165, 1.54) is 16.7 Å². The first-order valence-electron chi connectivity index (χ1n) is 9.99. The number of aryl methyl sites for hydroxylation is 1. The second-order valence-electron chi connectivity index (χ2n) is 7.20. The van der Waals surface area contributed by atoms with Crippen molar-refractivity contribution >= 4 is 35.0 Å². The van der Waals surface area contributed by atoms with E-state index >= 15 is 0 Å². The molecular formula is C23H19N5O3S. The summed E-state index contributed by atoms with van der Waals surface area (Å²) >= 11 is 1.28. The molecule has 2 aromatic carbocycles. The highest BCUT2D eigenvalue weighted by molar-refractivity contribution is 7.99. The minimum absolute atomic E-state index is 0.0127. The van der Waals surface area contributed by atoms with E-state index < -0.39 is 0 Å². The number of thioether (sulfide) groups is 1. The van der Waals surface area contributed by atoms with Gasteiger partial charge < -0.3 is 14.6 Å². The number of hydrogen-bond donors (Lipinski definition) is 1. The molecule has 2 amide bonds. The smallest absolute Gasteiger partial charge is 0.244 e. The molecule has 1 N–H and O–H groups in total. The minimum Gasteiger partial charge on any atom is -0.469 e. The lowest BCUT2D eigenvalue weighted by atomic mass is 10.2. The molecule has 0 saturated carbocycles. The monoisotopic (exact) mass is 445 g/mol. The third-order valence-corrected chi connectivity index (χ3v) is 6.06. The largest absolute Gasteiger partial charge is 0.469 e. The molecule has 0 atom stereocenters.